The number of benzene rings is 1. The summed E-state index contributed by atoms with van der Waals surface area (Å²) >= 11 is 0. The van der Waals surface area contributed by atoms with Crippen molar-refractivity contribution in [2.24, 2.45) is 5.92 Å². The maximum atomic E-state index is 13.1. The summed E-state index contributed by atoms with van der Waals surface area (Å²) in [6.07, 6.45) is 5.80. The van der Waals surface area contributed by atoms with Gasteiger partial charge in [-0.1, -0.05) is 18.2 Å². The molecule has 31 heavy (non-hydrogen) atoms. The van der Waals surface area contributed by atoms with Gasteiger partial charge in [-0.2, -0.15) is 0 Å². The molecule has 164 valence electrons. The van der Waals surface area contributed by atoms with Crippen molar-refractivity contribution in [2.75, 3.05) is 20.2 Å². The van der Waals surface area contributed by atoms with Gasteiger partial charge in [0.2, 0.25) is 11.8 Å². The van der Waals surface area contributed by atoms with E-state index in [0.717, 1.165) is 29.7 Å². The molecular weight excluding hydrogens is 394 g/mol. The van der Waals surface area contributed by atoms with Crippen molar-refractivity contribution >= 4 is 11.8 Å². The number of methoxy groups -OCH3 is 1. The number of hydrazine groups is 1. The van der Waals surface area contributed by atoms with Gasteiger partial charge < -0.3 is 15.0 Å². The molecule has 8 heteroatoms. The zero-order chi connectivity index (χ0) is 21.6. The molecule has 0 saturated carbocycles. The third-order valence-electron chi connectivity index (χ3n) is 6.06. The molecule has 0 spiro atoms. The minimum Gasteiger partial charge on any atom is -0.496 e. The number of pyridine rings is 1. The molecule has 2 amide bonds. The van der Waals surface area contributed by atoms with Crippen LogP contribution in [0.3, 0.4) is 0 Å². The van der Waals surface area contributed by atoms with E-state index in [1.165, 1.54) is 0 Å². The number of likely N-dealkylation sites (tertiary alicyclic amines) is 1. The van der Waals surface area contributed by atoms with Gasteiger partial charge in [0.1, 0.15) is 11.8 Å². The highest BCUT2D eigenvalue weighted by molar-refractivity contribution is 5.84. The zero-order valence-electron chi connectivity index (χ0n) is 17.7. The molecule has 3 N–H and O–H groups in total. The summed E-state index contributed by atoms with van der Waals surface area (Å²) in [5.41, 5.74) is 8.38. The summed E-state index contributed by atoms with van der Waals surface area (Å²) in [6.45, 7) is 1.55. The van der Waals surface area contributed by atoms with Crippen molar-refractivity contribution in [3.05, 3.63) is 59.9 Å². The number of ether oxygens (including phenoxy) is 1. The molecule has 0 bridgehead atoms. The Morgan fingerprint density at radius 2 is 2.00 bits per heavy atom. The number of piperidine rings is 1. The Bertz CT molecular complexity index is 907. The van der Waals surface area contributed by atoms with Gasteiger partial charge in [0.25, 0.3) is 0 Å². The second-order valence-corrected chi connectivity index (χ2v) is 8.06. The fourth-order valence-corrected chi connectivity index (χ4v) is 4.32. The fourth-order valence-electron chi connectivity index (χ4n) is 4.32. The molecule has 3 heterocycles. The van der Waals surface area contributed by atoms with E-state index in [4.69, 9.17) is 4.74 Å². The summed E-state index contributed by atoms with van der Waals surface area (Å²) in [5.74, 6) is 0.589. The number of para-hydroxylation sites is 1. The minimum absolute atomic E-state index is 0.0180. The number of carbonyl (C=O) groups excluding carboxylic acids is 2. The number of hydrogen-bond acceptors (Lipinski definition) is 6. The number of nitrogens with one attached hydrogen (secondary N) is 3. The molecule has 4 rings (SSSR count). The van der Waals surface area contributed by atoms with Crippen molar-refractivity contribution in [3.63, 3.8) is 0 Å². The van der Waals surface area contributed by atoms with Crippen LogP contribution in [0, 0.1) is 5.92 Å². The van der Waals surface area contributed by atoms with E-state index in [0.29, 0.717) is 26.1 Å². The Morgan fingerprint density at radius 1 is 1.19 bits per heavy atom. The van der Waals surface area contributed by atoms with E-state index in [-0.39, 0.29) is 29.8 Å². The highest BCUT2D eigenvalue weighted by atomic mass is 16.5. The Balaban J connectivity index is 1.31. The predicted molar refractivity (Wildman–Crippen MR) is 116 cm³/mol. The lowest BCUT2D eigenvalue weighted by molar-refractivity contribution is -0.137. The lowest BCUT2D eigenvalue weighted by Gasteiger charge is -2.33. The van der Waals surface area contributed by atoms with Gasteiger partial charge in [0, 0.05) is 43.6 Å². The minimum atomic E-state index is -0.298. The van der Waals surface area contributed by atoms with Crippen LogP contribution >= 0.6 is 0 Å². The van der Waals surface area contributed by atoms with Crippen LogP contribution in [0.4, 0.5) is 0 Å². The van der Waals surface area contributed by atoms with Crippen molar-refractivity contribution in [1.82, 2.24) is 26.1 Å². The number of aromatic nitrogens is 1. The van der Waals surface area contributed by atoms with Crippen LogP contribution in [0.1, 0.15) is 36.4 Å². The Hall–Kier alpha value is -2.97. The smallest absolute Gasteiger partial charge is 0.241 e. The summed E-state index contributed by atoms with van der Waals surface area (Å²) in [7, 11) is 1.62. The second kappa shape index (κ2) is 9.89. The molecule has 3 unspecified atom stereocenters. The predicted octanol–water partition coefficient (Wildman–Crippen LogP) is 1.55. The first kappa shape index (κ1) is 21.3. The monoisotopic (exact) mass is 423 g/mol. The molecule has 8 nitrogen and oxygen atoms in total. The third kappa shape index (κ3) is 5.03. The highest BCUT2D eigenvalue weighted by Crippen LogP contribution is 2.25. The number of carbonyl (C=O) groups is 2. The SMILES string of the molecule is COc1ccccc1CNC(=O)C1CCCN(C(=O)C2CC(c3ccncc3)NN2)C1. The third-order valence-corrected chi connectivity index (χ3v) is 6.06. The first-order valence-electron chi connectivity index (χ1n) is 10.7. The van der Waals surface area contributed by atoms with E-state index in [9.17, 15) is 9.59 Å². The summed E-state index contributed by atoms with van der Waals surface area (Å²) in [4.78, 5) is 31.7. The standard InChI is InChI=1S/C23H29N5O3/c1-31-21-7-3-2-5-17(21)14-25-22(29)18-6-4-12-28(15-18)23(30)20-13-19(26-27-20)16-8-10-24-11-9-16/h2-3,5,7-11,18-20,26-27H,4,6,12-15H2,1H3,(H,25,29). The Labute approximate surface area is 182 Å². The number of rotatable bonds is 6. The van der Waals surface area contributed by atoms with Gasteiger partial charge in [-0.15, -0.1) is 0 Å². The van der Waals surface area contributed by atoms with Crippen molar-refractivity contribution in [2.45, 2.75) is 37.9 Å². The molecule has 3 atom stereocenters. The Kier molecular flexibility index (Phi) is 6.79. The summed E-state index contributed by atoms with van der Waals surface area (Å²) < 4.78 is 5.35. The second-order valence-electron chi connectivity index (χ2n) is 8.06. The molecule has 2 aromatic rings. The molecule has 2 saturated heterocycles. The largest absolute Gasteiger partial charge is 0.496 e. The highest BCUT2D eigenvalue weighted by Gasteiger charge is 2.36. The van der Waals surface area contributed by atoms with Crippen LogP contribution in [0.5, 0.6) is 5.75 Å². The maximum Gasteiger partial charge on any atom is 0.241 e. The molecule has 2 aliphatic heterocycles. The van der Waals surface area contributed by atoms with Crippen LogP contribution in [0.25, 0.3) is 0 Å². The van der Waals surface area contributed by atoms with E-state index in [2.05, 4.69) is 21.2 Å². The molecule has 2 fully saturated rings. The van der Waals surface area contributed by atoms with Gasteiger partial charge in [-0.05, 0) is 43.0 Å². The van der Waals surface area contributed by atoms with Gasteiger partial charge in [0.05, 0.1) is 13.0 Å². The first-order valence-corrected chi connectivity index (χ1v) is 10.7. The van der Waals surface area contributed by atoms with E-state index >= 15 is 0 Å². The van der Waals surface area contributed by atoms with Gasteiger partial charge in [0.15, 0.2) is 0 Å². The topological polar surface area (TPSA) is 95.6 Å². The van der Waals surface area contributed by atoms with E-state index in [1.807, 2.05) is 41.3 Å². The average Bonchev–Trinajstić information content (AvgIpc) is 3.33. The van der Waals surface area contributed by atoms with Crippen LogP contribution in [-0.2, 0) is 16.1 Å². The van der Waals surface area contributed by atoms with Crippen molar-refractivity contribution in [1.29, 1.82) is 0 Å². The Morgan fingerprint density at radius 3 is 2.81 bits per heavy atom. The average molecular weight is 424 g/mol. The van der Waals surface area contributed by atoms with Gasteiger partial charge >= 0.3 is 0 Å². The quantitative estimate of drug-likeness (QED) is 0.653. The fraction of sp³-hybridized carbons (Fsp3) is 0.435. The summed E-state index contributed by atoms with van der Waals surface area (Å²) in [5, 5.41) is 3.01. The maximum absolute atomic E-state index is 13.1. The van der Waals surface area contributed by atoms with Crippen LogP contribution in [0.15, 0.2) is 48.8 Å². The molecule has 0 aliphatic carbocycles. The van der Waals surface area contributed by atoms with Crippen molar-refractivity contribution < 1.29 is 14.3 Å². The van der Waals surface area contributed by atoms with Gasteiger partial charge in [-0.3, -0.25) is 14.6 Å². The molecule has 1 aromatic carbocycles. The number of hydrogen-bond donors (Lipinski definition) is 3. The molecule has 1 aromatic heterocycles. The normalized spacial score (nSPS) is 23.4. The molecule has 0 radical (unpaired) electrons. The lowest BCUT2D eigenvalue weighted by atomic mass is 9.95. The van der Waals surface area contributed by atoms with Gasteiger partial charge in [-0.25, -0.2) is 10.9 Å². The number of amides is 2. The molecular formula is C23H29N5O3. The van der Waals surface area contributed by atoms with Crippen LogP contribution < -0.4 is 20.9 Å². The van der Waals surface area contributed by atoms with Crippen molar-refractivity contribution in [3.8, 4) is 5.75 Å². The van der Waals surface area contributed by atoms with Crippen LogP contribution in [-0.4, -0.2) is 47.9 Å². The first-order chi connectivity index (χ1) is 15.2. The molecule has 2 aliphatic rings. The lowest BCUT2D eigenvalue weighted by Crippen LogP contribution is -2.51. The number of nitrogens with zero attached hydrogens (tertiary/aromatic N) is 2. The summed E-state index contributed by atoms with van der Waals surface area (Å²) in [6, 6.07) is 11.3. The zero-order valence-corrected chi connectivity index (χ0v) is 17.7. The van der Waals surface area contributed by atoms with Crippen LogP contribution in [0.2, 0.25) is 0 Å². The van der Waals surface area contributed by atoms with E-state index < -0.39 is 0 Å². The van der Waals surface area contributed by atoms with E-state index in [1.54, 1.807) is 19.5 Å².